The van der Waals surface area contributed by atoms with Gasteiger partial charge in [-0.3, -0.25) is 19.8 Å². The van der Waals surface area contributed by atoms with Crippen molar-refractivity contribution in [3.05, 3.63) is 64.6 Å². The summed E-state index contributed by atoms with van der Waals surface area (Å²) in [6.07, 6.45) is 2.80. The van der Waals surface area contributed by atoms with Crippen LogP contribution in [0.25, 0.3) is 6.08 Å². The molecule has 4 amide bonds. The number of nitrogens with one attached hydrogen (secondary N) is 1. The molecule has 0 radical (unpaired) electrons. The number of rotatable bonds is 3. The van der Waals surface area contributed by atoms with Gasteiger partial charge in [0.1, 0.15) is 11.3 Å². The Morgan fingerprint density at radius 2 is 1.91 bits per heavy atom. The lowest BCUT2D eigenvalue weighted by Crippen LogP contribution is -2.53. The van der Waals surface area contributed by atoms with Crippen molar-refractivity contribution in [1.82, 2.24) is 10.2 Å². The highest BCUT2D eigenvalue weighted by Crippen LogP contribution is 2.21. The molecule has 0 bridgehead atoms. The summed E-state index contributed by atoms with van der Waals surface area (Å²) in [6.45, 7) is -0.0647. The summed E-state index contributed by atoms with van der Waals surface area (Å²) in [5.41, 5.74) is 0.351. The molecular formula is C16H11ClN2O4. The standard InChI is InChI=1S/C16H11ClN2O4/c17-13-6-2-1-4-10(13)8-12-14(20)18-16(22)19(15(12)21)9-11-5-3-7-23-11/h1-8H,9H2,(H,18,20,22)/b12-8+. The lowest BCUT2D eigenvalue weighted by atomic mass is 10.1. The summed E-state index contributed by atoms with van der Waals surface area (Å²) in [5.74, 6) is -1.02. The fourth-order valence-electron chi connectivity index (χ4n) is 2.14. The maximum absolute atomic E-state index is 12.5. The Kier molecular flexibility index (Phi) is 3.99. The largest absolute Gasteiger partial charge is 0.467 e. The first kappa shape index (κ1) is 15.1. The van der Waals surface area contributed by atoms with Crippen molar-refractivity contribution in [3.63, 3.8) is 0 Å². The number of benzene rings is 1. The number of hydrogen-bond acceptors (Lipinski definition) is 4. The van der Waals surface area contributed by atoms with Gasteiger partial charge in [-0.1, -0.05) is 29.8 Å². The van der Waals surface area contributed by atoms with Crippen LogP contribution >= 0.6 is 11.6 Å². The Hall–Kier alpha value is -2.86. The molecular weight excluding hydrogens is 320 g/mol. The minimum Gasteiger partial charge on any atom is -0.467 e. The molecule has 1 aliphatic rings. The average molecular weight is 331 g/mol. The Bertz CT molecular complexity index is 811. The number of halogens is 1. The number of nitrogens with zero attached hydrogens (tertiary/aromatic N) is 1. The molecule has 3 rings (SSSR count). The zero-order chi connectivity index (χ0) is 16.4. The van der Waals surface area contributed by atoms with Crippen LogP contribution in [0.5, 0.6) is 0 Å². The molecule has 2 heterocycles. The van der Waals surface area contributed by atoms with Gasteiger partial charge in [-0.2, -0.15) is 0 Å². The minimum atomic E-state index is -0.785. The summed E-state index contributed by atoms with van der Waals surface area (Å²) in [5, 5.41) is 2.53. The van der Waals surface area contributed by atoms with Gasteiger partial charge in [-0.25, -0.2) is 4.79 Å². The molecule has 1 aliphatic heterocycles. The van der Waals surface area contributed by atoms with Crippen molar-refractivity contribution in [3.8, 4) is 0 Å². The zero-order valence-electron chi connectivity index (χ0n) is 11.8. The van der Waals surface area contributed by atoms with Crippen LogP contribution in [0.15, 0.2) is 52.7 Å². The smallest absolute Gasteiger partial charge is 0.331 e. The highest BCUT2D eigenvalue weighted by atomic mass is 35.5. The molecule has 1 N–H and O–H groups in total. The van der Waals surface area contributed by atoms with Gasteiger partial charge in [-0.15, -0.1) is 0 Å². The number of amides is 4. The molecule has 23 heavy (non-hydrogen) atoms. The zero-order valence-corrected chi connectivity index (χ0v) is 12.5. The summed E-state index contributed by atoms with van der Waals surface area (Å²) in [7, 11) is 0. The van der Waals surface area contributed by atoms with Crippen molar-refractivity contribution in [2.45, 2.75) is 6.54 Å². The number of furan rings is 1. The van der Waals surface area contributed by atoms with E-state index in [2.05, 4.69) is 5.32 Å². The fourth-order valence-corrected chi connectivity index (χ4v) is 2.33. The molecule has 0 aliphatic carbocycles. The normalized spacial score (nSPS) is 16.8. The number of carbonyl (C=O) groups is 3. The molecule has 1 fully saturated rings. The fraction of sp³-hybridized carbons (Fsp3) is 0.0625. The van der Waals surface area contributed by atoms with Crippen LogP contribution in [0.4, 0.5) is 4.79 Å². The third kappa shape index (κ3) is 3.02. The molecule has 0 spiro atoms. The van der Waals surface area contributed by atoms with E-state index < -0.39 is 17.8 Å². The Morgan fingerprint density at radius 3 is 2.61 bits per heavy atom. The van der Waals surface area contributed by atoms with Crippen LogP contribution in [-0.2, 0) is 16.1 Å². The summed E-state index contributed by atoms with van der Waals surface area (Å²) in [6, 6.07) is 9.28. The van der Waals surface area contributed by atoms with Gasteiger partial charge in [0.15, 0.2) is 0 Å². The highest BCUT2D eigenvalue weighted by molar-refractivity contribution is 6.34. The maximum Gasteiger partial charge on any atom is 0.331 e. The van der Waals surface area contributed by atoms with Gasteiger partial charge >= 0.3 is 6.03 Å². The topological polar surface area (TPSA) is 79.6 Å². The quantitative estimate of drug-likeness (QED) is 0.693. The first-order chi connectivity index (χ1) is 11.1. The highest BCUT2D eigenvalue weighted by Gasteiger charge is 2.36. The maximum atomic E-state index is 12.5. The van der Waals surface area contributed by atoms with Crippen LogP contribution in [0.3, 0.4) is 0 Å². The van der Waals surface area contributed by atoms with E-state index in [1.165, 1.54) is 12.3 Å². The number of hydrogen-bond donors (Lipinski definition) is 1. The Balaban J connectivity index is 1.94. The van der Waals surface area contributed by atoms with Crippen molar-refractivity contribution >= 4 is 35.5 Å². The van der Waals surface area contributed by atoms with Crippen molar-refractivity contribution in [1.29, 1.82) is 0 Å². The number of urea groups is 1. The van der Waals surface area contributed by atoms with Gasteiger partial charge in [0.25, 0.3) is 11.8 Å². The predicted octanol–water partition coefficient (Wildman–Crippen LogP) is 2.60. The van der Waals surface area contributed by atoms with Crippen LogP contribution in [-0.4, -0.2) is 22.7 Å². The van der Waals surface area contributed by atoms with E-state index in [0.717, 1.165) is 4.90 Å². The number of carbonyl (C=O) groups excluding carboxylic acids is 3. The second-order valence-electron chi connectivity index (χ2n) is 4.81. The lowest BCUT2D eigenvalue weighted by molar-refractivity contribution is -0.130. The molecule has 0 unspecified atom stereocenters. The van der Waals surface area contributed by atoms with Crippen molar-refractivity contribution < 1.29 is 18.8 Å². The third-order valence-corrected chi connectivity index (χ3v) is 3.63. The van der Waals surface area contributed by atoms with Crippen molar-refractivity contribution in [2.75, 3.05) is 0 Å². The first-order valence-corrected chi connectivity index (χ1v) is 7.10. The molecule has 116 valence electrons. The molecule has 0 atom stereocenters. The average Bonchev–Trinajstić information content (AvgIpc) is 3.03. The summed E-state index contributed by atoms with van der Waals surface area (Å²) >= 11 is 6.04. The number of barbiturate groups is 1. The SMILES string of the molecule is O=C1NC(=O)N(Cc2ccco2)C(=O)/C1=C/c1ccccc1Cl. The lowest BCUT2D eigenvalue weighted by Gasteiger charge is -2.25. The van der Waals surface area contributed by atoms with E-state index >= 15 is 0 Å². The van der Waals surface area contributed by atoms with E-state index in [0.29, 0.717) is 16.3 Å². The molecule has 7 heteroatoms. The molecule has 2 aromatic rings. The van der Waals surface area contributed by atoms with E-state index in [1.807, 2.05) is 0 Å². The number of imide groups is 2. The first-order valence-electron chi connectivity index (χ1n) is 6.72. The molecule has 1 aromatic heterocycles. The summed E-state index contributed by atoms with van der Waals surface area (Å²) < 4.78 is 5.13. The van der Waals surface area contributed by atoms with E-state index in [1.54, 1.807) is 36.4 Å². The minimum absolute atomic E-state index is 0.0647. The van der Waals surface area contributed by atoms with Crippen LogP contribution in [0.1, 0.15) is 11.3 Å². The monoisotopic (exact) mass is 330 g/mol. The van der Waals surface area contributed by atoms with Gasteiger partial charge in [0.05, 0.1) is 12.8 Å². The predicted molar refractivity (Wildman–Crippen MR) is 82.2 cm³/mol. The Morgan fingerprint density at radius 1 is 1.13 bits per heavy atom. The third-order valence-electron chi connectivity index (χ3n) is 3.28. The van der Waals surface area contributed by atoms with Gasteiger partial charge < -0.3 is 4.42 Å². The molecule has 1 saturated heterocycles. The van der Waals surface area contributed by atoms with Crippen LogP contribution < -0.4 is 5.32 Å². The summed E-state index contributed by atoms with van der Waals surface area (Å²) in [4.78, 5) is 37.2. The van der Waals surface area contributed by atoms with E-state index in [9.17, 15) is 14.4 Å². The molecule has 6 nitrogen and oxygen atoms in total. The van der Waals surface area contributed by atoms with Gasteiger partial charge in [0, 0.05) is 5.02 Å². The van der Waals surface area contributed by atoms with Crippen molar-refractivity contribution in [2.24, 2.45) is 0 Å². The van der Waals surface area contributed by atoms with Gasteiger partial charge in [-0.05, 0) is 29.8 Å². The van der Waals surface area contributed by atoms with Crippen LogP contribution in [0.2, 0.25) is 5.02 Å². The van der Waals surface area contributed by atoms with E-state index in [-0.39, 0.29) is 12.1 Å². The second-order valence-corrected chi connectivity index (χ2v) is 5.22. The van der Waals surface area contributed by atoms with Crippen LogP contribution in [0, 0.1) is 0 Å². The van der Waals surface area contributed by atoms with Gasteiger partial charge in [0.2, 0.25) is 0 Å². The second kappa shape index (κ2) is 6.10. The Labute approximate surface area is 136 Å². The molecule has 1 aromatic carbocycles. The molecule has 0 saturated carbocycles. The van der Waals surface area contributed by atoms with E-state index in [4.69, 9.17) is 16.0 Å².